The normalized spacial score (nSPS) is 11.9. The zero-order chi connectivity index (χ0) is 20.2. The Kier molecular flexibility index (Phi) is 5.29. The fraction of sp³-hybridized carbons (Fsp3) is 0.227. The van der Waals surface area contributed by atoms with Crippen LogP contribution in [-0.4, -0.2) is 22.7 Å². The first kappa shape index (κ1) is 18.7. The van der Waals surface area contributed by atoms with Crippen LogP contribution in [0.2, 0.25) is 0 Å². The van der Waals surface area contributed by atoms with Crippen molar-refractivity contribution in [3.05, 3.63) is 76.6 Å². The van der Waals surface area contributed by atoms with E-state index in [2.05, 4.69) is 20.6 Å². The van der Waals surface area contributed by atoms with Crippen LogP contribution in [0, 0.1) is 13.8 Å². The van der Waals surface area contributed by atoms with Gasteiger partial charge in [0.25, 0.3) is 5.91 Å². The quantitative estimate of drug-likeness (QED) is 0.671. The van der Waals surface area contributed by atoms with Gasteiger partial charge < -0.3 is 20.1 Å². The third-order valence-electron chi connectivity index (χ3n) is 4.55. The van der Waals surface area contributed by atoms with Crippen molar-refractivity contribution in [3.8, 4) is 11.5 Å². The largest absolute Gasteiger partial charge is 0.454 e. The molecule has 1 aliphatic heterocycles. The van der Waals surface area contributed by atoms with Crippen molar-refractivity contribution >= 4 is 11.9 Å². The number of nitrogens with one attached hydrogen (secondary N) is 2. The van der Waals surface area contributed by atoms with E-state index in [1.165, 1.54) is 5.56 Å². The molecule has 0 spiro atoms. The molecule has 0 unspecified atom stereocenters. The maximum absolute atomic E-state index is 12.5. The Hall–Kier alpha value is -3.61. The Morgan fingerprint density at radius 2 is 1.69 bits per heavy atom. The summed E-state index contributed by atoms with van der Waals surface area (Å²) >= 11 is 0. The summed E-state index contributed by atoms with van der Waals surface area (Å²) in [6.07, 6.45) is 0. The number of aryl methyl sites for hydroxylation is 2. The summed E-state index contributed by atoms with van der Waals surface area (Å²) in [5, 5.41) is 6.07. The lowest BCUT2D eigenvalue weighted by Gasteiger charge is -2.10. The van der Waals surface area contributed by atoms with Crippen LogP contribution < -0.4 is 20.1 Å². The molecule has 7 heteroatoms. The molecule has 1 amide bonds. The molecule has 0 radical (unpaired) electrons. The molecule has 1 aromatic heterocycles. The highest BCUT2D eigenvalue weighted by atomic mass is 16.7. The summed E-state index contributed by atoms with van der Waals surface area (Å²) < 4.78 is 10.7. The van der Waals surface area contributed by atoms with E-state index in [0.29, 0.717) is 30.4 Å². The first-order valence-corrected chi connectivity index (χ1v) is 9.39. The first-order chi connectivity index (χ1) is 14.1. The van der Waals surface area contributed by atoms with Gasteiger partial charge in [-0.3, -0.25) is 4.79 Å². The Morgan fingerprint density at radius 3 is 2.52 bits per heavy atom. The van der Waals surface area contributed by atoms with Crippen LogP contribution >= 0.6 is 0 Å². The maximum atomic E-state index is 12.5. The van der Waals surface area contributed by atoms with E-state index in [1.54, 1.807) is 6.07 Å². The van der Waals surface area contributed by atoms with Gasteiger partial charge in [-0.05, 0) is 43.2 Å². The lowest BCUT2D eigenvalue weighted by molar-refractivity contribution is 0.0945. The van der Waals surface area contributed by atoms with Gasteiger partial charge >= 0.3 is 0 Å². The Morgan fingerprint density at radius 1 is 0.931 bits per heavy atom. The lowest BCUT2D eigenvalue weighted by atomic mass is 10.1. The highest BCUT2D eigenvalue weighted by Crippen LogP contribution is 2.32. The molecule has 0 aliphatic carbocycles. The molecule has 1 aliphatic rings. The highest BCUT2D eigenvalue weighted by Gasteiger charge is 2.14. The van der Waals surface area contributed by atoms with Gasteiger partial charge in [0.05, 0.1) is 0 Å². The molecule has 2 heterocycles. The zero-order valence-corrected chi connectivity index (χ0v) is 16.4. The van der Waals surface area contributed by atoms with E-state index in [0.717, 1.165) is 22.6 Å². The highest BCUT2D eigenvalue weighted by molar-refractivity contribution is 5.92. The molecule has 0 bridgehead atoms. The fourth-order valence-corrected chi connectivity index (χ4v) is 2.97. The maximum Gasteiger partial charge on any atom is 0.270 e. The lowest BCUT2D eigenvalue weighted by Crippen LogP contribution is -2.24. The number of nitrogens with zero attached hydrogens (tertiary/aromatic N) is 2. The van der Waals surface area contributed by atoms with Crippen molar-refractivity contribution < 1.29 is 14.3 Å². The molecule has 0 saturated heterocycles. The summed E-state index contributed by atoms with van der Waals surface area (Å²) in [4.78, 5) is 21.3. The van der Waals surface area contributed by atoms with Gasteiger partial charge in [-0.15, -0.1) is 0 Å². The van der Waals surface area contributed by atoms with Gasteiger partial charge in [0, 0.05) is 18.8 Å². The molecule has 0 saturated carbocycles. The number of carbonyl (C=O) groups excluding carboxylic acids is 1. The van der Waals surface area contributed by atoms with E-state index < -0.39 is 0 Å². The number of ether oxygens (including phenoxy) is 2. The van der Waals surface area contributed by atoms with Crippen LogP contribution in [0.25, 0.3) is 0 Å². The second-order valence-electron chi connectivity index (χ2n) is 6.93. The number of aromatic nitrogens is 2. The van der Waals surface area contributed by atoms with Gasteiger partial charge in [0.15, 0.2) is 11.5 Å². The van der Waals surface area contributed by atoms with E-state index in [9.17, 15) is 4.79 Å². The molecule has 3 aromatic rings. The van der Waals surface area contributed by atoms with Crippen LogP contribution in [0.4, 0.5) is 5.95 Å². The average Bonchev–Trinajstić information content (AvgIpc) is 3.19. The number of fused-ring (bicyclic) bond motifs is 1. The third-order valence-corrected chi connectivity index (χ3v) is 4.55. The van der Waals surface area contributed by atoms with Crippen LogP contribution in [0.5, 0.6) is 11.5 Å². The van der Waals surface area contributed by atoms with Crippen molar-refractivity contribution in [2.45, 2.75) is 26.9 Å². The third kappa shape index (κ3) is 4.63. The number of rotatable bonds is 6. The molecule has 4 rings (SSSR count). The van der Waals surface area contributed by atoms with E-state index >= 15 is 0 Å². The Bertz CT molecular complexity index is 1030. The van der Waals surface area contributed by atoms with Crippen molar-refractivity contribution in [3.63, 3.8) is 0 Å². The van der Waals surface area contributed by atoms with Crippen LogP contribution in [0.15, 0.2) is 48.5 Å². The number of carbonyl (C=O) groups is 1. The van der Waals surface area contributed by atoms with Gasteiger partial charge in [-0.1, -0.05) is 35.9 Å². The van der Waals surface area contributed by atoms with Gasteiger partial charge in [-0.2, -0.15) is 0 Å². The Balaban J connectivity index is 1.40. The number of hydrogen-bond acceptors (Lipinski definition) is 6. The summed E-state index contributed by atoms with van der Waals surface area (Å²) in [6, 6.07) is 15.5. The summed E-state index contributed by atoms with van der Waals surface area (Å²) in [7, 11) is 0. The number of benzene rings is 2. The number of anilines is 1. The van der Waals surface area contributed by atoms with Crippen LogP contribution in [0.1, 0.15) is 32.9 Å². The monoisotopic (exact) mass is 390 g/mol. The van der Waals surface area contributed by atoms with Crippen molar-refractivity contribution in [1.82, 2.24) is 15.3 Å². The molecular formula is C22H22N4O3. The van der Waals surface area contributed by atoms with E-state index in [-0.39, 0.29) is 12.7 Å². The molecule has 0 atom stereocenters. The number of amides is 1. The van der Waals surface area contributed by atoms with Crippen molar-refractivity contribution in [2.75, 3.05) is 12.1 Å². The standard InChI is InChI=1S/C22H22N4O3/c1-14-3-5-16(6-4-14)11-23-21(27)18-9-15(2)25-22(26-18)24-12-17-7-8-19-20(10-17)29-13-28-19/h3-10H,11-13H2,1-2H3,(H,23,27)(H,24,25,26). The van der Waals surface area contributed by atoms with Crippen LogP contribution in [-0.2, 0) is 13.1 Å². The molecule has 29 heavy (non-hydrogen) atoms. The SMILES string of the molecule is Cc1ccc(CNC(=O)c2cc(C)nc(NCc3ccc4c(c3)OCO4)n2)cc1. The molecule has 7 nitrogen and oxygen atoms in total. The van der Waals surface area contributed by atoms with Gasteiger partial charge in [0.2, 0.25) is 12.7 Å². The zero-order valence-electron chi connectivity index (χ0n) is 16.4. The first-order valence-electron chi connectivity index (χ1n) is 9.39. The van der Waals surface area contributed by atoms with Crippen molar-refractivity contribution in [1.29, 1.82) is 0 Å². The minimum atomic E-state index is -0.234. The predicted molar refractivity (Wildman–Crippen MR) is 109 cm³/mol. The molecular weight excluding hydrogens is 368 g/mol. The predicted octanol–water partition coefficient (Wildman–Crippen LogP) is 3.36. The van der Waals surface area contributed by atoms with E-state index in [4.69, 9.17) is 9.47 Å². The minimum Gasteiger partial charge on any atom is -0.454 e. The number of hydrogen-bond donors (Lipinski definition) is 2. The molecule has 0 fully saturated rings. The van der Waals surface area contributed by atoms with Crippen molar-refractivity contribution in [2.24, 2.45) is 0 Å². The van der Waals surface area contributed by atoms with E-state index in [1.807, 2.05) is 56.3 Å². The topological polar surface area (TPSA) is 85.4 Å². The average molecular weight is 390 g/mol. The molecule has 2 N–H and O–H groups in total. The van der Waals surface area contributed by atoms with Gasteiger partial charge in [0.1, 0.15) is 5.69 Å². The van der Waals surface area contributed by atoms with Crippen LogP contribution in [0.3, 0.4) is 0 Å². The summed E-state index contributed by atoms with van der Waals surface area (Å²) in [5.74, 6) is 1.64. The van der Waals surface area contributed by atoms with Gasteiger partial charge in [-0.25, -0.2) is 9.97 Å². The summed E-state index contributed by atoms with van der Waals surface area (Å²) in [6.45, 7) is 5.06. The minimum absolute atomic E-state index is 0.234. The molecule has 148 valence electrons. The second kappa shape index (κ2) is 8.18. The molecule has 2 aromatic carbocycles. The fourth-order valence-electron chi connectivity index (χ4n) is 2.97. The smallest absolute Gasteiger partial charge is 0.270 e. The second-order valence-corrected chi connectivity index (χ2v) is 6.93. The Labute approximate surface area is 169 Å². The summed E-state index contributed by atoms with van der Waals surface area (Å²) in [5.41, 5.74) is 4.27.